The van der Waals surface area contributed by atoms with Gasteiger partial charge in [0.05, 0.1) is 5.69 Å². The van der Waals surface area contributed by atoms with E-state index in [0.29, 0.717) is 16.6 Å². The van der Waals surface area contributed by atoms with Crippen molar-refractivity contribution in [1.82, 2.24) is 9.21 Å². The molecule has 6 heteroatoms. The van der Waals surface area contributed by atoms with Gasteiger partial charge in [0.1, 0.15) is 4.90 Å². The molecule has 5 nitrogen and oxygen atoms in total. The molecule has 1 N–H and O–H groups in total. The van der Waals surface area contributed by atoms with E-state index in [0.717, 1.165) is 19.5 Å². The highest BCUT2D eigenvalue weighted by atomic mass is 32.2. The van der Waals surface area contributed by atoms with E-state index in [-0.39, 0.29) is 0 Å². The highest BCUT2D eigenvalue weighted by Gasteiger charge is 2.20. The van der Waals surface area contributed by atoms with Crippen LogP contribution in [0.4, 0.5) is 5.69 Å². The molecule has 120 valence electrons. The SMILES string of the molecule is CC(C)N(C)CCCNc1ccccc1S(=O)(=O)N(C)C. The van der Waals surface area contributed by atoms with E-state index in [1.165, 1.54) is 4.31 Å². The number of hydrogen-bond donors (Lipinski definition) is 1. The molecule has 0 bridgehead atoms. The second-order valence-corrected chi connectivity index (χ2v) is 7.76. The average Bonchev–Trinajstić information content (AvgIpc) is 2.43. The number of rotatable bonds is 8. The minimum atomic E-state index is -3.41. The van der Waals surface area contributed by atoms with Gasteiger partial charge >= 0.3 is 0 Å². The van der Waals surface area contributed by atoms with Crippen molar-refractivity contribution in [2.45, 2.75) is 31.2 Å². The van der Waals surface area contributed by atoms with E-state index in [1.54, 1.807) is 26.2 Å². The first kappa shape index (κ1) is 17.9. The number of para-hydroxylation sites is 1. The largest absolute Gasteiger partial charge is 0.384 e. The van der Waals surface area contributed by atoms with E-state index in [4.69, 9.17) is 0 Å². The molecule has 0 radical (unpaired) electrons. The van der Waals surface area contributed by atoms with Crippen LogP contribution < -0.4 is 5.32 Å². The summed E-state index contributed by atoms with van der Waals surface area (Å²) in [6, 6.07) is 7.55. The van der Waals surface area contributed by atoms with Crippen molar-refractivity contribution in [3.05, 3.63) is 24.3 Å². The third kappa shape index (κ3) is 4.98. The molecule has 0 amide bonds. The Balaban J connectivity index is 2.69. The quantitative estimate of drug-likeness (QED) is 0.747. The van der Waals surface area contributed by atoms with Crippen molar-refractivity contribution >= 4 is 15.7 Å². The average molecular weight is 313 g/mol. The summed E-state index contributed by atoms with van der Waals surface area (Å²) in [5.74, 6) is 0. The monoisotopic (exact) mass is 313 g/mol. The molecule has 0 aromatic heterocycles. The van der Waals surface area contributed by atoms with Gasteiger partial charge in [-0.15, -0.1) is 0 Å². The van der Waals surface area contributed by atoms with Crippen LogP contribution in [0.25, 0.3) is 0 Å². The van der Waals surface area contributed by atoms with Crippen molar-refractivity contribution in [1.29, 1.82) is 0 Å². The van der Waals surface area contributed by atoms with Crippen LogP contribution in [0.15, 0.2) is 29.2 Å². The van der Waals surface area contributed by atoms with Gasteiger partial charge in [0.25, 0.3) is 0 Å². The Morgan fingerprint density at radius 3 is 2.33 bits per heavy atom. The summed E-state index contributed by atoms with van der Waals surface area (Å²) < 4.78 is 25.8. The van der Waals surface area contributed by atoms with Crippen LogP contribution in [-0.2, 0) is 10.0 Å². The van der Waals surface area contributed by atoms with Crippen LogP contribution in [0.2, 0.25) is 0 Å². The van der Waals surface area contributed by atoms with Crippen LogP contribution >= 0.6 is 0 Å². The number of hydrogen-bond acceptors (Lipinski definition) is 4. The highest BCUT2D eigenvalue weighted by Crippen LogP contribution is 2.22. The fraction of sp³-hybridized carbons (Fsp3) is 0.600. The standard InChI is InChI=1S/C15H27N3O2S/c1-13(2)18(5)12-8-11-16-14-9-6-7-10-15(14)21(19,20)17(3)4/h6-7,9-10,13,16H,8,11-12H2,1-5H3. The number of benzene rings is 1. The molecule has 0 atom stereocenters. The number of nitrogens with one attached hydrogen (secondary N) is 1. The molecule has 0 heterocycles. The Labute approximate surface area is 129 Å². The summed E-state index contributed by atoms with van der Waals surface area (Å²) in [5.41, 5.74) is 0.665. The molecular formula is C15H27N3O2S. The van der Waals surface area contributed by atoms with Crippen LogP contribution in [0.3, 0.4) is 0 Å². The Hall–Kier alpha value is -1.11. The van der Waals surface area contributed by atoms with Gasteiger partial charge in [-0.05, 0) is 46.0 Å². The molecule has 0 saturated carbocycles. The van der Waals surface area contributed by atoms with Gasteiger partial charge < -0.3 is 10.2 Å². The van der Waals surface area contributed by atoms with Gasteiger partial charge in [0.2, 0.25) is 10.0 Å². The molecule has 0 aliphatic rings. The first-order valence-electron chi connectivity index (χ1n) is 7.22. The first-order chi connectivity index (χ1) is 9.76. The van der Waals surface area contributed by atoms with Gasteiger partial charge in [0, 0.05) is 26.7 Å². The minimum Gasteiger partial charge on any atom is -0.384 e. The summed E-state index contributed by atoms with van der Waals surface area (Å²) >= 11 is 0. The van der Waals surface area contributed by atoms with Gasteiger partial charge in [-0.25, -0.2) is 12.7 Å². The van der Waals surface area contributed by atoms with Gasteiger partial charge in [-0.1, -0.05) is 12.1 Å². The molecule has 0 fully saturated rings. The molecule has 0 aliphatic heterocycles. The molecule has 0 spiro atoms. The Morgan fingerprint density at radius 2 is 1.76 bits per heavy atom. The maximum Gasteiger partial charge on any atom is 0.244 e. The summed E-state index contributed by atoms with van der Waals surface area (Å²) in [6.45, 7) is 6.04. The summed E-state index contributed by atoms with van der Waals surface area (Å²) in [4.78, 5) is 2.59. The normalized spacial score (nSPS) is 12.4. The third-order valence-electron chi connectivity index (χ3n) is 3.53. The molecule has 0 unspecified atom stereocenters. The van der Waals surface area contributed by atoms with E-state index < -0.39 is 10.0 Å². The highest BCUT2D eigenvalue weighted by molar-refractivity contribution is 7.89. The molecule has 1 aromatic carbocycles. The van der Waals surface area contributed by atoms with Crippen molar-refractivity contribution in [2.75, 3.05) is 39.5 Å². The van der Waals surface area contributed by atoms with Gasteiger partial charge in [-0.2, -0.15) is 0 Å². The summed E-state index contributed by atoms with van der Waals surface area (Å²) in [6.07, 6.45) is 0.963. The van der Waals surface area contributed by atoms with Crippen LogP contribution in [0.1, 0.15) is 20.3 Å². The van der Waals surface area contributed by atoms with Gasteiger partial charge in [0.15, 0.2) is 0 Å². The first-order valence-corrected chi connectivity index (χ1v) is 8.66. The maximum absolute atomic E-state index is 12.3. The van der Waals surface area contributed by atoms with Crippen molar-refractivity contribution in [2.24, 2.45) is 0 Å². The van der Waals surface area contributed by atoms with Crippen LogP contribution in [-0.4, -0.2) is 57.9 Å². The van der Waals surface area contributed by atoms with E-state index in [1.807, 2.05) is 12.1 Å². The second-order valence-electron chi connectivity index (χ2n) is 5.64. The summed E-state index contributed by atoms with van der Waals surface area (Å²) in [5, 5.41) is 3.24. The molecule has 0 aliphatic carbocycles. The lowest BCUT2D eigenvalue weighted by Crippen LogP contribution is -2.28. The number of nitrogens with zero attached hydrogens (tertiary/aromatic N) is 2. The van der Waals surface area contributed by atoms with Crippen molar-refractivity contribution in [3.8, 4) is 0 Å². The number of sulfonamides is 1. The Kier molecular flexibility index (Phi) is 6.64. The Bertz CT molecular complexity index is 542. The van der Waals surface area contributed by atoms with Gasteiger partial charge in [-0.3, -0.25) is 0 Å². The Morgan fingerprint density at radius 1 is 1.14 bits per heavy atom. The zero-order valence-electron chi connectivity index (χ0n) is 13.6. The maximum atomic E-state index is 12.3. The lowest BCUT2D eigenvalue weighted by molar-refractivity contribution is 0.273. The predicted octanol–water partition coefficient (Wildman–Crippen LogP) is 2.08. The fourth-order valence-corrected chi connectivity index (χ4v) is 2.91. The smallest absolute Gasteiger partial charge is 0.244 e. The molecule has 1 aromatic rings. The molecule has 0 saturated heterocycles. The molecule has 1 rings (SSSR count). The van der Waals surface area contributed by atoms with E-state index in [9.17, 15) is 8.42 Å². The lowest BCUT2D eigenvalue weighted by Gasteiger charge is -2.21. The minimum absolute atomic E-state index is 0.326. The predicted molar refractivity (Wildman–Crippen MR) is 88.2 cm³/mol. The van der Waals surface area contributed by atoms with Crippen molar-refractivity contribution in [3.63, 3.8) is 0 Å². The number of anilines is 1. The second kappa shape index (κ2) is 7.77. The van der Waals surface area contributed by atoms with E-state index in [2.05, 4.69) is 31.1 Å². The van der Waals surface area contributed by atoms with E-state index >= 15 is 0 Å². The zero-order valence-corrected chi connectivity index (χ0v) is 14.4. The third-order valence-corrected chi connectivity index (χ3v) is 5.40. The summed E-state index contributed by atoms with van der Waals surface area (Å²) in [7, 11) is 1.77. The topological polar surface area (TPSA) is 52.7 Å². The fourth-order valence-electron chi connectivity index (χ4n) is 1.84. The lowest BCUT2D eigenvalue weighted by atomic mass is 10.3. The molecule has 21 heavy (non-hydrogen) atoms. The molecular weight excluding hydrogens is 286 g/mol. The zero-order chi connectivity index (χ0) is 16.0. The van der Waals surface area contributed by atoms with Crippen LogP contribution in [0.5, 0.6) is 0 Å². The van der Waals surface area contributed by atoms with Crippen molar-refractivity contribution < 1.29 is 8.42 Å². The van der Waals surface area contributed by atoms with Crippen LogP contribution in [0, 0.1) is 0 Å².